The first kappa shape index (κ1) is 25.9. The minimum atomic E-state index is -0.260. The number of anilines is 1. The van der Waals surface area contributed by atoms with Crippen LogP contribution in [0.4, 0.5) is 5.69 Å². The van der Waals surface area contributed by atoms with E-state index in [0.29, 0.717) is 53.3 Å². The van der Waals surface area contributed by atoms with Crippen LogP contribution in [0.15, 0.2) is 59.2 Å². The number of piperidine rings is 1. The minimum Gasteiger partial charge on any atom is -0.493 e. The van der Waals surface area contributed by atoms with Crippen LogP contribution in [0.5, 0.6) is 17.2 Å². The van der Waals surface area contributed by atoms with Crippen molar-refractivity contribution in [2.45, 2.75) is 25.7 Å². The van der Waals surface area contributed by atoms with Gasteiger partial charge in [0.15, 0.2) is 17.3 Å². The Hall–Kier alpha value is -4.20. The van der Waals surface area contributed by atoms with E-state index in [0.717, 1.165) is 18.4 Å². The Labute approximate surface area is 216 Å². The van der Waals surface area contributed by atoms with Gasteiger partial charge in [0, 0.05) is 36.0 Å². The molecule has 0 radical (unpaired) electrons. The fourth-order valence-corrected chi connectivity index (χ4v) is 4.60. The summed E-state index contributed by atoms with van der Waals surface area (Å²) in [6, 6.07) is 13.3. The van der Waals surface area contributed by atoms with E-state index < -0.39 is 0 Å². The molecule has 1 aromatic heterocycles. The molecule has 0 aliphatic carbocycles. The summed E-state index contributed by atoms with van der Waals surface area (Å²) in [6.45, 7) is 3.26. The maximum atomic E-state index is 12.7. The molecule has 1 aliphatic rings. The molecule has 4 rings (SSSR count). The van der Waals surface area contributed by atoms with Crippen LogP contribution in [0.25, 0.3) is 6.08 Å². The molecule has 1 aliphatic heterocycles. The standard InChI is InChI=1S/C29H32N2O6/c1-19-15-18-37-26(19)29(33)31-16-13-21(14-17-31)20-5-9-23(10-6-20)30-25(32)12-8-22-7-11-24(34-2)28(36-4)27(22)35-3/h5-12,15,18,21H,13-14,16-17H2,1-4H3,(H,30,32)/b12-8+. The Bertz CT molecular complexity index is 1270. The van der Waals surface area contributed by atoms with Gasteiger partial charge in [0.05, 0.1) is 27.6 Å². The van der Waals surface area contributed by atoms with Crippen molar-refractivity contribution < 1.29 is 28.2 Å². The summed E-state index contributed by atoms with van der Waals surface area (Å²) in [4.78, 5) is 27.1. The van der Waals surface area contributed by atoms with Crippen LogP contribution in [0.3, 0.4) is 0 Å². The number of hydrogen-bond donors (Lipinski definition) is 1. The van der Waals surface area contributed by atoms with E-state index in [1.54, 1.807) is 31.6 Å². The van der Waals surface area contributed by atoms with Crippen LogP contribution in [0.1, 0.15) is 46.0 Å². The molecular weight excluding hydrogens is 472 g/mol. The third-order valence-electron chi connectivity index (χ3n) is 6.64. The number of benzene rings is 2. The molecule has 3 aromatic rings. The van der Waals surface area contributed by atoms with E-state index in [1.165, 1.54) is 25.9 Å². The summed E-state index contributed by atoms with van der Waals surface area (Å²) >= 11 is 0. The number of ether oxygens (including phenoxy) is 3. The van der Waals surface area contributed by atoms with Crippen LogP contribution in [-0.4, -0.2) is 51.1 Å². The Kier molecular flexibility index (Phi) is 8.18. The molecule has 1 fully saturated rings. The average molecular weight is 505 g/mol. The summed E-state index contributed by atoms with van der Waals surface area (Å²) in [7, 11) is 4.63. The van der Waals surface area contributed by atoms with Gasteiger partial charge in [-0.15, -0.1) is 0 Å². The van der Waals surface area contributed by atoms with Gasteiger partial charge in [0.1, 0.15) is 0 Å². The number of furan rings is 1. The number of hydrogen-bond acceptors (Lipinski definition) is 6. The second kappa shape index (κ2) is 11.7. The van der Waals surface area contributed by atoms with Crippen LogP contribution in [-0.2, 0) is 4.79 Å². The highest BCUT2D eigenvalue weighted by molar-refractivity contribution is 6.02. The number of carbonyl (C=O) groups is 2. The van der Waals surface area contributed by atoms with Crippen molar-refractivity contribution in [1.82, 2.24) is 4.90 Å². The van der Waals surface area contributed by atoms with Gasteiger partial charge in [-0.2, -0.15) is 0 Å². The van der Waals surface area contributed by atoms with Crippen molar-refractivity contribution in [3.8, 4) is 17.2 Å². The van der Waals surface area contributed by atoms with E-state index >= 15 is 0 Å². The topological polar surface area (TPSA) is 90.2 Å². The Morgan fingerprint density at radius 1 is 0.946 bits per heavy atom. The highest BCUT2D eigenvalue weighted by atomic mass is 16.5. The Balaban J connectivity index is 1.33. The number of methoxy groups -OCH3 is 3. The lowest BCUT2D eigenvalue weighted by Crippen LogP contribution is -2.38. The zero-order chi connectivity index (χ0) is 26.4. The molecule has 0 saturated carbocycles. The summed E-state index contributed by atoms with van der Waals surface area (Å²) < 4.78 is 21.5. The molecule has 8 nitrogen and oxygen atoms in total. The highest BCUT2D eigenvalue weighted by Crippen LogP contribution is 2.40. The molecule has 1 saturated heterocycles. The van der Waals surface area contributed by atoms with Gasteiger partial charge in [-0.05, 0) is 67.7 Å². The molecule has 2 aromatic carbocycles. The smallest absolute Gasteiger partial charge is 0.289 e. The largest absolute Gasteiger partial charge is 0.493 e. The second-order valence-electron chi connectivity index (χ2n) is 8.87. The number of amides is 2. The third kappa shape index (κ3) is 5.80. The zero-order valence-electron chi connectivity index (χ0n) is 21.6. The second-order valence-corrected chi connectivity index (χ2v) is 8.87. The average Bonchev–Trinajstić information content (AvgIpc) is 3.37. The van der Waals surface area contributed by atoms with Gasteiger partial charge >= 0.3 is 0 Å². The van der Waals surface area contributed by atoms with Crippen LogP contribution in [0.2, 0.25) is 0 Å². The highest BCUT2D eigenvalue weighted by Gasteiger charge is 2.27. The predicted octanol–water partition coefficient (Wildman–Crippen LogP) is 5.29. The van der Waals surface area contributed by atoms with Crippen LogP contribution in [0, 0.1) is 6.92 Å². The van der Waals surface area contributed by atoms with Crippen LogP contribution >= 0.6 is 0 Å². The van der Waals surface area contributed by atoms with Gasteiger partial charge in [0.2, 0.25) is 11.7 Å². The molecule has 0 spiro atoms. The maximum absolute atomic E-state index is 12.7. The van der Waals surface area contributed by atoms with E-state index in [1.807, 2.05) is 42.2 Å². The molecule has 194 valence electrons. The molecule has 1 N–H and O–H groups in total. The first-order valence-corrected chi connectivity index (χ1v) is 12.2. The lowest BCUT2D eigenvalue weighted by Gasteiger charge is -2.32. The van der Waals surface area contributed by atoms with Crippen molar-refractivity contribution in [1.29, 1.82) is 0 Å². The number of likely N-dealkylation sites (tertiary alicyclic amines) is 1. The molecule has 0 unspecified atom stereocenters. The van der Waals surface area contributed by atoms with Crippen molar-refractivity contribution >= 4 is 23.6 Å². The van der Waals surface area contributed by atoms with Crippen molar-refractivity contribution in [3.05, 3.63) is 77.3 Å². The van der Waals surface area contributed by atoms with Crippen LogP contribution < -0.4 is 19.5 Å². The number of carbonyl (C=O) groups excluding carboxylic acids is 2. The van der Waals surface area contributed by atoms with Gasteiger partial charge in [-0.25, -0.2) is 0 Å². The Morgan fingerprint density at radius 3 is 2.24 bits per heavy atom. The number of nitrogens with one attached hydrogen (secondary N) is 1. The van der Waals surface area contributed by atoms with E-state index in [9.17, 15) is 9.59 Å². The lowest BCUT2D eigenvalue weighted by atomic mass is 9.89. The minimum absolute atomic E-state index is 0.0437. The SMILES string of the molecule is COc1ccc(/C=C/C(=O)Nc2ccc(C3CCN(C(=O)c4occc4C)CC3)cc2)c(OC)c1OC. The summed E-state index contributed by atoms with van der Waals surface area (Å²) in [5.74, 6) is 1.99. The molecule has 0 bridgehead atoms. The number of nitrogens with zero attached hydrogens (tertiary/aromatic N) is 1. The summed E-state index contributed by atoms with van der Waals surface area (Å²) in [5, 5.41) is 2.89. The zero-order valence-corrected chi connectivity index (χ0v) is 21.6. The van der Waals surface area contributed by atoms with E-state index in [-0.39, 0.29) is 11.8 Å². The molecule has 2 amide bonds. The van der Waals surface area contributed by atoms with Crippen molar-refractivity contribution in [2.75, 3.05) is 39.7 Å². The third-order valence-corrected chi connectivity index (χ3v) is 6.64. The molecule has 0 atom stereocenters. The monoisotopic (exact) mass is 504 g/mol. The molecule has 2 heterocycles. The fraction of sp³-hybridized carbons (Fsp3) is 0.310. The van der Waals surface area contributed by atoms with Gasteiger partial charge in [0.25, 0.3) is 5.91 Å². The normalized spacial score (nSPS) is 14.0. The number of rotatable bonds is 8. The van der Waals surface area contributed by atoms with Crippen molar-refractivity contribution in [2.24, 2.45) is 0 Å². The van der Waals surface area contributed by atoms with E-state index in [4.69, 9.17) is 18.6 Å². The first-order chi connectivity index (χ1) is 17.9. The van der Waals surface area contributed by atoms with Gasteiger partial charge < -0.3 is 28.8 Å². The van der Waals surface area contributed by atoms with Crippen molar-refractivity contribution in [3.63, 3.8) is 0 Å². The summed E-state index contributed by atoms with van der Waals surface area (Å²) in [5.41, 5.74) is 3.46. The first-order valence-electron chi connectivity index (χ1n) is 12.2. The fourth-order valence-electron chi connectivity index (χ4n) is 4.60. The molecule has 8 heteroatoms. The maximum Gasteiger partial charge on any atom is 0.289 e. The lowest BCUT2D eigenvalue weighted by molar-refractivity contribution is -0.111. The van der Waals surface area contributed by atoms with E-state index in [2.05, 4.69) is 5.32 Å². The molecule has 37 heavy (non-hydrogen) atoms. The quantitative estimate of drug-likeness (QED) is 0.420. The molecular formula is C29H32N2O6. The van der Waals surface area contributed by atoms with Gasteiger partial charge in [-0.1, -0.05) is 12.1 Å². The number of aryl methyl sites for hydroxylation is 1. The Morgan fingerprint density at radius 2 is 1.65 bits per heavy atom. The van der Waals surface area contributed by atoms with Gasteiger partial charge in [-0.3, -0.25) is 9.59 Å². The predicted molar refractivity (Wildman–Crippen MR) is 142 cm³/mol. The summed E-state index contributed by atoms with van der Waals surface area (Å²) in [6.07, 6.45) is 6.44.